The van der Waals surface area contributed by atoms with E-state index >= 15 is 0 Å². The van der Waals surface area contributed by atoms with Crippen molar-refractivity contribution in [1.29, 1.82) is 0 Å². The Morgan fingerprint density at radius 3 is 1.79 bits per heavy atom. The highest BCUT2D eigenvalue weighted by Gasteiger charge is 2.37. The summed E-state index contributed by atoms with van der Waals surface area (Å²) in [5, 5.41) is 0. The van der Waals surface area contributed by atoms with Gasteiger partial charge in [-0.2, -0.15) is 26.3 Å². The molecular weight excluding hydrogens is 558 g/mol. The number of likely N-dealkylation sites (tertiary alicyclic amines) is 1. The number of hydrogen-bond acceptors (Lipinski definition) is 3. The molecule has 1 atom stereocenters. The van der Waals surface area contributed by atoms with Gasteiger partial charge in [-0.1, -0.05) is 60.7 Å². The molecule has 226 valence electrons. The van der Waals surface area contributed by atoms with Gasteiger partial charge < -0.3 is 14.5 Å². The normalized spacial score (nSPS) is 16.0. The number of hydrogen-bond donors (Lipinski definition) is 0. The molecule has 4 nitrogen and oxygen atoms in total. The van der Waals surface area contributed by atoms with Crippen molar-refractivity contribution in [3.05, 3.63) is 107 Å². The molecule has 1 aliphatic heterocycles. The minimum absolute atomic E-state index is 0.0602. The molecule has 1 heterocycles. The van der Waals surface area contributed by atoms with Gasteiger partial charge in [0.2, 0.25) is 5.91 Å². The van der Waals surface area contributed by atoms with Gasteiger partial charge >= 0.3 is 12.4 Å². The van der Waals surface area contributed by atoms with Gasteiger partial charge in [0, 0.05) is 25.4 Å². The van der Waals surface area contributed by atoms with Crippen molar-refractivity contribution < 1.29 is 35.9 Å². The molecule has 0 aromatic heterocycles. The molecule has 1 saturated heterocycles. The first-order chi connectivity index (χ1) is 19.8. The van der Waals surface area contributed by atoms with Crippen molar-refractivity contribution in [1.82, 2.24) is 9.80 Å². The maximum Gasteiger partial charge on any atom is 0.416 e. The fourth-order valence-corrected chi connectivity index (χ4v) is 5.43. The van der Waals surface area contributed by atoms with Crippen LogP contribution in [-0.2, 0) is 28.5 Å². The van der Waals surface area contributed by atoms with E-state index in [4.69, 9.17) is 4.74 Å². The van der Waals surface area contributed by atoms with Crippen molar-refractivity contribution in [3.63, 3.8) is 0 Å². The summed E-state index contributed by atoms with van der Waals surface area (Å²) in [6.07, 6.45) is -9.30. The van der Waals surface area contributed by atoms with E-state index in [1.54, 1.807) is 11.9 Å². The Bertz CT molecular complexity index is 1230. The van der Waals surface area contributed by atoms with Gasteiger partial charge in [-0.05, 0) is 67.9 Å². The molecule has 0 N–H and O–H groups in total. The first kappa shape index (κ1) is 31.6. The van der Waals surface area contributed by atoms with E-state index in [9.17, 15) is 31.1 Å². The van der Waals surface area contributed by atoms with Crippen molar-refractivity contribution in [2.75, 3.05) is 33.7 Å². The summed E-state index contributed by atoms with van der Waals surface area (Å²) in [5.41, 5.74) is -1.37. The van der Waals surface area contributed by atoms with E-state index in [2.05, 4.69) is 4.90 Å². The van der Waals surface area contributed by atoms with Crippen molar-refractivity contribution in [3.8, 4) is 0 Å². The number of piperidine rings is 1. The maximum absolute atomic E-state index is 13.5. The molecule has 1 fully saturated rings. The number of nitrogens with zero attached hydrogens (tertiary/aromatic N) is 2. The predicted molar refractivity (Wildman–Crippen MR) is 148 cm³/mol. The lowest BCUT2D eigenvalue weighted by atomic mass is 9.86. The third kappa shape index (κ3) is 8.13. The molecule has 3 aromatic carbocycles. The summed E-state index contributed by atoms with van der Waals surface area (Å²) in [6.45, 7) is 1.16. The number of carbonyl (C=O) groups is 1. The number of rotatable bonds is 9. The van der Waals surface area contributed by atoms with Crippen LogP contribution in [0.25, 0.3) is 0 Å². The fourth-order valence-electron chi connectivity index (χ4n) is 5.43. The number of carbonyl (C=O) groups excluding carboxylic acids is 1. The second-order valence-corrected chi connectivity index (χ2v) is 10.9. The average molecular weight is 593 g/mol. The van der Waals surface area contributed by atoms with E-state index in [-0.39, 0.29) is 30.0 Å². The molecule has 0 bridgehead atoms. The standard InChI is InChI=1S/C32H34F6N2O2/c1-39-15-13-25(14-16-39)30(41)40(2)20-28(29(23-9-5-3-6-10-23)24-11-7-4-8-12-24)42-21-22-17-26(31(33,34)35)19-27(18-22)32(36,37)38/h3-12,17-19,25,28-29H,13-16,20-21H2,1-2H3. The first-order valence-electron chi connectivity index (χ1n) is 13.8. The van der Waals surface area contributed by atoms with E-state index in [1.807, 2.05) is 67.7 Å². The zero-order valence-electron chi connectivity index (χ0n) is 23.5. The summed E-state index contributed by atoms with van der Waals surface area (Å²) in [7, 11) is 3.66. The third-order valence-electron chi connectivity index (χ3n) is 7.70. The lowest BCUT2D eigenvalue weighted by molar-refractivity contribution is -0.143. The fraction of sp³-hybridized carbons (Fsp3) is 0.406. The molecule has 1 aliphatic rings. The van der Waals surface area contributed by atoms with E-state index in [1.165, 1.54) is 0 Å². The molecule has 42 heavy (non-hydrogen) atoms. The minimum Gasteiger partial charge on any atom is -0.371 e. The highest BCUT2D eigenvalue weighted by molar-refractivity contribution is 5.78. The second-order valence-electron chi connectivity index (χ2n) is 10.9. The number of alkyl halides is 6. The predicted octanol–water partition coefficient (Wildman–Crippen LogP) is 7.24. The summed E-state index contributed by atoms with van der Waals surface area (Å²) < 4.78 is 87.3. The highest BCUT2D eigenvalue weighted by Crippen LogP contribution is 2.37. The smallest absolute Gasteiger partial charge is 0.371 e. The Kier molecular flexibility index (Phi) is 9.99. The van der Waals surface area contributed by atoms with E-state index in [0.717, 1.165) is 24.2 Å². The lowest BCUT2D eigenvalue weighted by Gasteiger charge is -2.35. The number of benzene rings is 3. The van der Waals surface area contributed by atoms with Crippen molar-refractivity contribution in [2.45, 2.75) is 43.8 Å². The second kappa shape index (κ2) is 13.3. The number of likely N-dealkylation sites (N-methyl/N-ethyl adjacent to an activating group) is 1. The molecule has 0 saturated carbocycles. The van der Waals surface area contributed by atoms with Crippen LogP contribution in [0.15, 0.2) is 78.9 Å². The Balaban J connectivity index is 1.68. The third-order valence-corrected chi connectivity index (χ3v) is 7.70. The Labute approximate surface area is 241 Å². The Hall–Kier alpha value is -3.37. The number of ether oxygens (including phenoxy) is 1. The van der Waals surface area contributed by atoms with Gasteiger partial charge in [-0.3, -0.25) is 4.79 Å². The first-order valence-corrected chi connectivity index (χ1v) is 13.8. The monoisotopic (exact) mass is 592 g/mol. The van der Waals surface area contributed by atoms with Crippen LogP contribution in [0, 0.1) is 5.92 Å². The van der Waals surface area contributed by atoms with Crippen LogP contribution in [0.3, 0.4) is 0 Å². The van der Waals surface area contributed by atoms with Crippen molar-refractivity contribution in [2.24, 2.45) is 5.92 Å². The van der Waals surface area contributed by atoms with Gasteiger partial charge in [0.1, 0.15) is 0 Å². The van der Waals surface area contributed by atoms with Gasteiger partial charge in [-0.15, -0.1) is 0 Å². The number of amides is 1. The lowest BCUT2D eigenvalue weighted by Crippen LogP contribution is -2.44. The quantitative estimate of drug-likeness (QED) is 0.246. The SMILES string of the molecule is CN1CCC(C(=O)N(C)CC(OCc2cc(C(F)(F)F)cc(C(F)(F)F)c2)C(c2ccccc2)c2ccccc2)CC1. The molecule has 1 unspecified atom stereocenters. The molecule has 0 aliphatic carbocycles. The van der Waals surface area contributed by atoms with Crippen LogP contribution in [0.4, 0.5) is 26.3 Å². The zero-order chi connectivity index (χ0) is 30.5. The van der Waals surface area contributed by atoms with Crippen molar-refractivity contribution >= 4 is 5.91 Å². The van der Waals surface area contributed by atoms with Crippen LogP contribution < -0.4 is 0 Å². The maximum atomic E-state index is 13.5. The molecule has 3 aromatic rings. The highest BCUT2D eigenvalue weighted by atomic mass is 19.4. The topological polar surface area (TPSA) is 32.8 Å². The molecule has 1 amide bonds. The van der Waals surface area contributed by atoms with Crippen LogP contribution >= 0.6 is 0 Å². The van der Waals surface area contributed by atoms with Crippen LogP contribution in [-0.4, -0.2) is 55.5 Å². The Morgan fingerprint density at radius 1 is 0.857 bits per heavy atom. The van der Waals surface area contributed by atoms with E-state index in [0.29, 0.717) is 25.0 Å². The van der Waals surface area contributed by atoms with Gasteiger partial charge in [0.05, 0.1) is 23.8 Å². The average Bonchev–Trinajstić information content (AvgIpc) is 2.96. The summed E-state index contributed by atoms with van der Waals surface area (Å²) >= 11 is 0. The molecule has 0 spiro atoms. The van der Waals surface area contributed by atoms with Gasteiger partial charge in [0.25, 0.3) is 0 Å². The largest absolute Gasteiger partial charge is 0.416 e. The molecule has 0 radical (unpaired) electrons. The van der Waals surface area contributed by atoms with E-state index < -0.39 is 42.1 Å². The van der Waals surface area contributed by atoms with Crippen LogP contribution in [0.2, 0.25) is 0 Å². The molecule has 4 rings (SSSR count). The van der Waals surface area contributed by atoms with Crippen LogP contribution in [0.1, 0.15) is 46.6 Å². The zero-order valence-corrected chi connectivity index (χ0v) is 23.5. The minimum atomic E-state index is -4.97. The summed E-state index contributed by atoms with van der Waals surface area (Å²) in [5.74, 6) is -0.681. The van der Waals surface area contributed by atoms with Crippen LogP contribution in [0.5, 0.6) is 0 Å². The number of halogens is 6. The Morgan fingerprint density at radius 2 is 1.33 bits per heavy atom. The summed E-state index contributed by atoms with van der Waals surface area (Å²) in [6, 6.07) is 20.1. The molecular formula is C32H34F6N2O2. The summed E-state index contributed by atoms with van der Waals surface area (Å²) in [4.78, 5) is 17.2. The van der Waals surface area contributed by atoms with Gasteiger partial charge in [-0.25, -0.2) is 0 Å². The van der Waals surface area contributed by atoms with Gasteiger partial charge in [0.15, 0.2) is 0 Å². The molecule has 10 heteroatoms.